The monoisotopic (exact) mass is 323 g/mol. The van der Waals surface area contributed by atoms with Crippen LogP contribution in [0.3, 0.4) is 0 Å². The predicted octanol–water partition coefficient (Wildman–Crippen LogP) is 2.43. The summed E-state index contributed by atoms with van der Waals surface area (Å²) in [6.45, 7) is 0. The van der Waals surface area contributed by atoms with Gasteiger partial charge in [0, 0.05) is 22.2 Å². The van der Waals surface area contributed by atoms with Crippen LogP contribution in [0, 0.1) is 11.3 Å². The highest BCUT2D eigenvalue weighted by Crippen LogP contribution is 2.27. The van der Waals surface area contributed by atoms with Crippen molar-refractivity contribution in [2.75, 3.05) is 11.6 Å². The summed E-state index contributed by atoms with van der Waals surface area (Å²) in [5, 5.41) is 17.2. The number of hydrogen-bond acceptors (Lipinski definition) is 5. The van der Waals surface area contributed by atoms with E-state index in [1.165, 1.54) is 16.4 Å². The molecule has 1 heterocycles. The molecule has 2 aromatic rings. The molecule has 0 atom stereocenters. The maximum absolute atomic E-state index is 8.49. The molecular formula is C11H10BrN5S. The second kappa shape index (κ2) is 5.89. The van der Waals surface area contributed by atoms with E-state index in [0.717, 1.165) is 10.0 Å². The molecule has 0 saturated carbocycles. The van der Waals surface area contributed by atoms with Crippen molar-refractivity contribution >= 4 is 27.7 Å². The Balaban J connectivity index is 2.26. The van der Waals surface area contributed by atoms with Crippen LogP contribution >= 0.6 is 27.7 Å². The Morgan fingerprint density at radius 1 is 1.39 bits per heavy atom. The van der Waals surface area contributed by atoms with Crippen LogP contribution in [-0.2, 0) is 0 Å². The zero-order chi connectivity index (χ0) is 13.0. The molecule has 5 nitrogen and oxygen atoms in total. The number of nitriles is 1. The lowest BCUT2D eigenvalue weighted by Gasteiger charge is -2.04. The molecule has 18 heavy (non-hydrogen) atoms. The smallest absolute Gasteiger partial charge is 0.210 e. The van der Waals surface area contributed by atoms with Gasteiger partial charge in [-0.2, -0.15) is 5.26 Å². The van der Waals surface area contributed by atoms with Gasteiger partial charge >= 0.3 is 0 Å². The average Bonchev–Trinajstić information content (AvgIpc) is 2.72. The zero-order valence-corrected chi connectivity index (χ0v) is 11.8. The first-order chi connectivity index (χ1) is 8.74. The number of nitrogens with two attached hydrogens (primary N) is 1. The van der Waals surface area contributed by atoms with Gasteiger partial charge in [0.05, 0.1) is 6.07 Å². The molecule has 0 bridgehead atoms. The third-order valence-corrected chi connectivity index (χ3v) is 3.86. The van der Waals surface area contributed by atoms with Crippen LogP contribution in [0.5, 0.6) is 0 Å². The first-order valence-electron chi connectivity index (χ1n) is 5.19. The SMILES string of the molecule is N#CCCSc1nnc(-c2ccccc2Br)n1N. The maximum atomic E-state index is 8.49. The van der Waals surface area contributed by atoms with Crippen molar-refractivity contribution < 1.29 is 0 Å². The fourth-order valence-electron chi connectivity index (χ4n) is 1.39. The number of nitrogen functional groups attached to an aromatic ring is 1. The Hall–Kier alpha value is -1.52. The van der Waals surface area contributed by atoms with E-state index < -0.39 is 0 Å². The molecule has 0 aliphatic rings. The maximum Gasteiger partial charge on any atom is 0.210 e. The van der Waals surface area contributed by atoms with Gasteiger partial charge in [0.2, 0.25) is 5.16 Å². The summed E-state index contributed by atoms with van der Waals surface area (Å²) in [5.41, 5.74) is 0.889. The third kappa shape index (κ3) is 2.66. The van der Waals surface area contributed by atoms with Gasteiger partial charge in [-0.1, -0.05) is 39.8 Å². The van der Waals surface area contributed by atoms with Gasteiger partial charge in [-0.05, 0) is 12.1 Å². The van der Waals surface area contributed by atoms with E-state index in [4.69, 9.17) is 11.1 Å². The molecule has 0 amide bonds. The van der Waals surface area contributed by atoms with Gasteiger partial charge in [0.15, 0.2) is 5.82 Å². The van der Waals surface area contributed by atoms with Gasteiger partial charge in [-0.25, -0.2) is 4.68 Å². The molecule has 0 radical (unpaired) electrons. The summed E-state index contributed by atoms with van der Waals surface area (Å²) >= 11 is 4.87. The molecular weight excluding hydrogens is 314 g/mol. The lowest BCUT2D eigenvalue weighted by Crippen LogP contribution is -2.11. The fourth-order valence-corrected chi connectivity index (χ4v) is 2.55. The highest BCUT2D eigenvalue weighted by molar-refractivity contribution is 9.10. The molecule has 0 saturated heterocycles. The minimum absolute atomic E-state index is 0.460. The van der Waals surface area contributed by atoms with Crippen LogP contribution in [0.4, 0.5) is 0 Å². The van der Waals surface area contributed by atoms with Crippen molar-refractivity contribution in [2.24, 2.45) is 0 Å². The van der Waals surface area contributed by atoms with E-state index in [0.29, 0.717) is 23.2 Å². The van der Waals surface area contributed by atoms with Crippen molar-refractivity contribution in [3.05, 3.63) is 28.7 Å². The van der Waals surface area contributed by atoms with Crippen molar-refractivity contribution in [2.45, 2.75) is 11.6 Å². The van der Waals surface area contributed by atoms with Crippen LogP contribution in [-0.4, -0.2) is 20.6 Å². The molecule has 0 aliphatic carbocycles. The minimum atomic E-state index is 0.460. The van der Waals surface area contributed by atoms with Crippen molar-refractivity contribution in [3.8, 4) is 17.5 Å². The van der Waals surface area contributed by atoms with Crippen LogP contribution < -0.4 is 5.84 Å². The second-order valence-electron chi connectivity index (χ2n) is 3.41. The molecule has 0 fully saturated rings. The largest absolute Gasteiger partial charge is 0.335 e. The molecule has 1 aromatic carbocycles. The molecule has 0 spiro atoms. The quantitative estimate of drug-likeness (QED) is 0.531. The predicted molar refractivity (Wildman–Crippen MR) is 74.3 cm³/mol. The topological polar surface area (TPSA) is 80.5 Å². The van der Waals surface area contributed by atoms with Gasteiger partial charge in [-0.15, -0.1) is 10.2 Å². The highest BCUT2D eigenvalue weighted by Gasteiger charge is 2.13. The number of nitrogens with zero attached hydrogens (tertiary/aromatic N) is 4. The van der Waals surface area contributed by atoms with Crippen molar-refractivity contribution in [1.82, 2.24) is 14.9 Å². The Bertz CT molecular complexity index is 589. The second-order valence-corrected chi connectivity index (χ2v) is 5.33. The van der Waals surface area contributed by atoms with Crippen LogP contribution in [0.25, 0.3) is 11.4 Å². The van der Waals surface area contributed by atoms with Crippen LogP contribution in [0.1, 0.15) is 6.42 Å². The molecule has 92 valence electrons. The van der Waals surface area contributed by atoms with E-state index in [1.54, 1.807) is 0 Å². The summed E-state index contributed by atoms with van der Waals surface area (Å²) in [4.78, 5) is 0. The highest BCUT2D eigenvalue weighted by atomic mass is 79.9. The Labute approximate surface area is 117 Å². The number of halogens is 1. The van der Waals surface area contributed by atoms with Crippen molar-refractivity contribution in [1.29, 1.82) is 5.26 Å². The molecule has 0 aliphatic heterocycles. The summed E-state index contributed by atoms with van der Waals surface area (Å²) < 4.78 is 2.36. The summed E-state index contributed by atoms with van der Waals surface area (Å²) in [6.07, 6.45) is 0.460. The number of thioether (sulfide) groups is 1. The van der Waals surface area contributed by atoms with Gasteiger partial charge in [0.1, 0.15) is 0 Å². The van der Waals surface area contributed by atoms with Crippen molar-refractivity contribution in [3.63, 3.8) is 0 Å². The molecule has 0 unspecified atom stereocenters. The average molecular weight is 324 g/mol. The minimum Gasteiger partial charge on any atom is -0.335 e. The van der Waals surface area contributed by atoms with E-state index >= 15 is 0 Å². The van der Waals surface area contributed by atoms with E-state index in [2.05, 4.69) is 32.2 Å². The third-order valence-electron chi connectivity index (χ3n) is 2.22. The standard InChI is InChI=1S/C11H10BrN5S/c12-9-5-2-1-4-8(9)10-15-16-11(17(10)14)18-7-3-6-13/h1-2,4-5H,3,7,14H2. The van der Waals surface area contributed by atoms with Crippen LogP contribution in [0.15, 0.2) is 33.9 Å². The molecule has 7 heteroatoms. The number of hydrogen-bond donors (Lipinski definition) is 1. The first kappa shape index (κ1) is 12.9. The molecule has 1 aromatic heterocycles. The number of aromatic nitrogens is 3. The van der Waals surface area contributed by atoms with Gasteiger partial charge < -0.3 is 5.84 Å². The van der Waals surface area contributed by atoms with Crippen LogP contribution in [0.2, 0.25) is 0 Å². The number of benzene rings is 1. The Kier molecular flexibility index (Phi) is 4.23. The zero-order valence-electron chi connectivity index (χ0n) is 9.38. The fraction of sp³-hybridized carbons (Fsp3) is 0.182. The van der Waals surface area contributed by atoms with E-state index in [9.17, 15) is 0 Å². The van der Waals surface area contributed by atoms with Gasteiger partial charge in [0.25, 0.3) is 0 Å². The van der Waals surface area contributed by atoms with E-state index in [-0.39, 0.29) is 0 Å². The number of rotatable bonds is 4. The Morgan fingerprint density at radius 3 is 2.89 bits per heavy atom. The normalized spacial score (nSPS) is 10.2. The Morgan fingerprint density at radius 2 is 2.17 bits per heavy atom. The lowest BCUT2D eigenvalue weighted by molar-refractivity contribution is 0.849. The summed E-state index contributed by atoms with van der Waals surface area (Å²) in [7, 11) is 0. The lowest BCUT2D eigenvalue weighted by atomic mass is 10.2. The molecule has 2 rings (SSSR count). The van der Waals surface area contributed by atoms with Gasteiger partial charge in [-0.3, -0.25) is 0 Å². The molecule has 2 N–H and O–H groups in total. The summed E-state index contributed by atoms with van der Waals surface area (Å²) in [5.74, 6) is 7.21. The summed E-state index contributed by atoms with van der Waals surface area (Å²) in [6, 6.07) is 9.76. The van der Waals surface area contributed by atoms with E-state index in [1.807, 2.05) is 24.3 Å². The first-order valence-corrected chi connectivity index (χ1v) is 6.97.